The molecule has 3 aromatic rings. The highest BCUT2D eigenvalue weighted by atomic mass is 14.7. The van der Waals surface area contributed by atoms with Crippen LogP contribution in [-0.2, 0) is 0 Å². The Hall–Kier alpha value is -2.79. The standard InChI is InChI=1S/C17H12N2/c18-11-9-14(13-5-2-1-3-6-13)15-7-4-8-17-16(15)10-12-19-17/h1-10,12,19H/b14-9+. The van der Waals surface area contributed by atoms with Gasteiger partial charge in [0.1, 0.15) is 0 Å². The molecule has 90 valence electrons. The molecule has 2 aromatic carbocycles. The Balaban J connectivity index is 2.25. The molecule has 1 N–H and O–H groups in total. The lowest BCUT2D eigenvalue weighted by Crippen LogP contribution is -1.88. The van der Waals surface area contributed by atoms with Crippen molar-refractivity contribution >= 4 is 16.5 Å². The van der Waals surface area contributed by atoms with E-state index in [0.29, 0.717) is 0 Å². The molecule has 0 radical (unpaired) electrons. The number of hydrogen-bond acceptors (Lipinski definition) is 1. The number of rotatable bonds is 2. The molecule has 3 rings (SSSR count). The zero-order valence-corrected chi connectivity index (χ0v) is 10.3. The fourth-order valence-corrected chi connectivity index (χ4v) is 2.32. The molecule has 0 aliphatic heterocycles. The van der Waals surface area contributed by atoms with E-state index in [0.717, 1.165) is 27.6 Å². The fourth-order valence-electron chi connectivity index (χ4n) is 2.32. The van der Waals surface area contributed by atoms with Crippen molar-refractivity contribution in [3.05, 3.63) is 78.0 Å². The van der Waals surface area contributed by atoms with Crippen molar-refractivity contribution in [1.29, 1.82) is 5.26 Å². The van der Waals surface area contributed by atoms with E-state index in [-0.39, 0.29) is 0 Å². The molecule has 0 fully saturated rings. The Morgan fingerprint density at radius 3 is 2.63 bits per heavy atom. The molecule has 0 atom stereocenters. The minimum Gasteiger partial charge on any atom is -0.361 e. The number of fused-ring (bicyclic) bond motifs is 1. The molecule has 2 heteroatoms. The Morgan fingerprint density at radius 1 is 1.00 bits per heavy atom. The van der Waals surface area contributed by atoms with Crippen LogP contribution in [0.2, 0.25) is 0 Å². The molecule has 1 heterocycles. The van der Waals surface area contributed by atoms with Crippen LogP contribution in [0.1, 0.15) is 11.1 Å². The smallest absolute Gasteiger partial charge is 0.0918 e. The zero-order chi connectivity index (χ0) is 13.1. The highest BCUT2D eigenvalue weighted by Crippen LogP contribution is 2.29. The third-order valence-corrected chi connectivity index (χ3v) is 3.18. The van der Waals surface area contributed by atoms with Gasteiger partial charge in [-0.15, -0.1) is 0 Å². The Morgan fingerprint density at radius 2 is 1.84 bits per heavy atom. The number of aromatic nitrogens is 1. The first-order valence-corrected chi connectivity index (χ1v) is 6.12. The number of nitrogens with one attached hydrogen (secondary N) is 1. The summed E-state index contributed by atoms with van der Waals surface area (Å²) < 4.78 is 0. The van der Waals surface area contributed by atoms with E-state index in [2.05, 4.69) is 11.1 Å². The molecular weight excluding hydrogens is 232 g/mol. The van der Waals surface area contributed by atoms with Gasteiger partial charge in [0.05, 0.1) is 6.07 Å². The first kappa shape index (κ1) is 11.3. The lowest BCUT2D eigenvalue weighted by atomic mass is 9.95. The number of aromatic amines is 1. The highest BCUT2D eigenvalue weighted by molar-refractivity contribution is 5.97. The van der Waals surface area contributed by atoms with Gasteiger partial charge in [0.25, 0.3) is 0 Å². The van der Waals surface area contributed by atoms with E-state index in [1.165, 1.54) is 0 Å². The fraction of sp³-hybridized carbons (Fsp3) is 0. The third kappa shape index (κ3) is 2.02. The molecule has 0 saturated heterocycles. The maximum absolute atomic E-state index is 9.05. The summed E-state index contributed by atoms with van der Waals surface area (Å²) in [5.41, 5.74) is 4.16. The number of hydrogen-bond donors (Lipinski definition) is 1. The Kier molecular flexibility index (Phi) is 2.88. The van der Waals surface area contributed by atoms with Crippen LogP contribution >= 0.6 is 0 Å². The van der Waals surface area contributed by atoms with Crippen LogP contribution in [-0.4, -0.2) is 4.98 Å². The number of nitrogens with zero attached hydrogens (tertiary/aromatic N) is 1. The van der Waals surface area contributed by atoms with Gasteiger partial charge < -0.3 is 4.98 Å². The molecule has 19 heavy (non-hydrogen) atoms. The Labute approximate surface area is 111 Å². The summed E-state index contributed by atoms with van der Waals surface area (Å²) in [6.07, 6.45) is 3.53. The minimum atomic E-state index is 0.952. The van der Waals surface area contributed by atoms with Gasteiger partial charge in [-0.3, -0.25) is 0 Å². The molecule has 1 aromatic heterocycles. The molecule has 0 spiro atoms. The largest absolute Gasteiger partial charge is 0.361 e. The summed E-state index contributed by atoms with van der Waals surface area (Å²) >= 11 is 0. The molecular formula is C17H12N2. The van der Waals surface area contributed by atoms with Crippen molar-refractivity contribution in [1.82, 2.24) is 4.98 Å². The van der Waals surface area contributed by atoms with Gasteiger partial charge in [0, 0.05) is 28.7 Å². The van der Waals surface area contributed by atoms with Gasteiger partial charge >= 0.3 is 0 Å². The second kappa shape index (κ2) is 4.83. The SMILES string of the molecule is N#C/C=C(\c1ccccc1)c1cccc2[nH]ccc12. The van der Waals surface area contributed by atoms with E-state index < -0.39 is 0 Å². The maximum Gasteiger partial charge on any atom is 0.0918 e. The van der Waals surface area contributed by atoms with Crippen molar-refractivity contribution in [2.75, 3.05) is 0 Å². The number of nitriles is 1. The summed E-state index contributed by atoms with van der Waals surface area (Å²) in [4.78, 5) is 3.20. The van der Waals surface area contributed by atoms with E-state index >= 15 is 0 Å². The predicted molar refractivity (Wildman–Crippen MR) is 77.4 cm³/mol. The van der Waals surface area contributed by atoms with Crippen molar-refractivity contribution in [3.8, 4) is 6.07 Å². The van der Waals surface area contributed by atoms with Gasteiger partial charge in [-0.25, -0.2) is 0 Å². The summed E-state index contributed by atoms with van der Waals surface area (Å²) in [6.45, 7) is 0. The van der Waals surface area contributed by atoms with E-state index in [4.69, 9.17) is 5.26 Å². The lowest BCUT2D eigenvalue weighted by molar-refractivity contribution is 1.47. The van der Waals surface area contributed by atoms with Crippen molar-refractivity contribution in [2.45, 2.75) is 0 Å². The zero-order valence-electron chi connectivity index (χ0n) is 10.3. The first-order chi connectivity index (χ1) is 9.40. The van der Waals surface area contributed by atoms with Crippen molar-refractivity contribution in [3.63, 3.8) is 0 Å². The molecule has 0 saturated carbocycles. The summed E-state index contributed by atoms with van der Waals surface area (Å²) in [5, 5.41) is 10.2. The predicted octanol–water partition coefficient (Wildman–Crippen LogP) is 4.12. The van der Waals surface area contributed by atoms with E-state index in [9.17, 15) is 0 Å². The van der Waals surface area contributed by atoms with Crippen LogP contribution in [0, 0.1) is 11.3 Å². The number of allylic oxidation sites excluding steroid dienone is 1. The third-order valence-electron chi connectivity index (χ3n) is 3.18. The average molecular weight is 244 g/mol. The second-order valence-corrected chi connectivity index (χ2v) is 4.30. The van der Waals surface area contributed by atoms with Gasteiger partial charge in [-0.05, 0) is 23.3 Å². The van der Waals surface area contributed by atoms with Gasteiger partial charge in [0.2, 0.25) is 0 Å². The topological polar surface area (TPSA) is 39.6 Å². The second-order valence-electron chi connectivity index (χ2n) is 4.30. The van der Waals surface area contributed by atoms with Gasteiger partial charge in [-0.1, -0.05) is 42.5 Å². The average Bonchev–Trinajstić information content (AvgIpc) is 2.94. The quantitative estimate of drug-likeness (QED) is 0.676. The monoisotopic (exact) mass is 244 g/mol. The van der Waals surface area contributed by atoms with Crippen molar-refractivity contribution in [2.24, 2.45) is 0 Å². The molecule has 0 aliphatic carbocycles. The van der Waals surface area contributed by atoms with Crippen LogP contribution in [0.15, 0.2) is 66.9 Å². The molecule has 2 nitrogen and oxygen atoms in total. The summed E-state index contributed by atoms with van der Waals surface area (Å²) in [6, 6.07) is 20.3. The summed E-state index contributed by atoms with van der Waals surface area (Å²) in [5.74, 6) is 0. The molecule has 0 amide bonds. The number of H-pyrrole nitrogens is 1. The maximum atomic E-state index is 9.05. The van der Waals surface area contributed by atoms with Crippen LogP contribution in [0.3, 0.4) is 0 Å². The molecule has 0 bridgehead atoms. The molecule has 0 unspecified atom stereocenters. The normalized spacial score (nSPS) is 11.4. The first-order valence-electron chi connectivity index (χ1n) is 6.12. The van der Waals surface area contributed by atoms with Gasteiger partial charge in [0.15, 0.2) is 0 Å². The van der Waals surface area contributed by atoms with Crippen LogP contribution < -0.4 is 0 Å². The minimum absolute atomic E-state index is 0.952. The Bertz CT molecular complexity index is 774. The number of benzene rings is 2. The summed E-state index contributed by atoms with van der Waals surface area (Å²) in [7, 11) is 0. The molecule has 0 aliphatic rings. The van der Waals surface area contributed by atoms with Crippen molar-refractivity contribution < 1.29 is 0 Å². The van der Waals surface area contributed by atoms with Gasteiger partial charge in [-0.2, -0.15) is 5.26 Å². The highest BCUT2D eigenvalue weighted by Gasteiger charge is 2.08. The van der Waals surface area contributed by atoms with Crippen LogP contribution in [0.25, 0.3) is 16.5 Å². The van der Waals surface area contributed by atoms with E-state index in [1.54, 1.807) is 6.08 Å². The van der Waals surface area contributed by atoms with E-state index in [1.807, 2.05) is 60.8 Å². The van der Waals surface area contributed by atoms with Crippen LogP contribution in [0.5, 0.6) is 0 Å². The lowest BCUT2D eigenvalue weighted by Gasteiger charge is -2.08. The van der Waals surface area contributed by atoms with Crippen LogP contribution in [0.4, 0.5) is 0 Å².